The second-order valence-corrected chi connectivity index (χ2v) is 7.09. The highest BCUT2D eigenvalue weighted by molar-refractivity contribution is 9.10. The van der Waals surface area contributed by atoms with Crippen LogP contribution in [0.1, 0.15) is 27.1 Å². The molecule has 0 N–H and O–H groups in total. The maximum Gasteiger partial charge on any atom is 0.0438 e. The second kappa shape index (κ2) is 6.43. The molecule has 2 rings (SSSR count). The zero-order valence-electron chi connectivity index (χ0n) is 10.9. The Bertz CT molecular complexity index is 593. The summed E-state index contributed by atoms with van der Waals surface area (Å²) < 4.78 is 1.16. The van der Waals surface area contributed by atoms with E-state index >= 15 is 0 Å². The molecule has 1 unspecified atom stereocenters. The lowest BCUT2D eigenvalue weighted by Gasteiger charge is -2.16. The third kappa shape index (κ3) is 3.62. The van der Waals surface area contributed by atoms with Crippen LogP contribution >= 0.6 is 43.5 Å². The van der Waals surface area contributed by atoms with Crippen molar-refractivity contribution in [2.45, 2.75) is 25.1 Å². The summed E-state index contributed by atoms with van der Waals surface area (Å²) in [5.41, 5.74) is 5.03. The Morgan fingerprint density at radius 3 is 2.47 bits per heavy atom. The Balaban J connectivity index is 2.28. The number of rotatable bonds is 3. The van der Waals surface area contributed by atoms with Gasteiger partial charge in [-0.15, -0.1) is 0 Å². The fraction of sp³-hybridized carbons (Fsp3) is 0.250. The van der Waals surface area contributed by atoms with Crippen LogP contribution < -0.4 is 0 Å². The first-order chi connectivity index (χ1) is 8.99. The lowest BCUT2D eigenvalue weighted by molar-refractivity contribution is 0.935. The summed E-state index contributed by atoms with van der Waals surface area (Å²) >= 11 is 13.6. The second-order valence-electron chi connectivity index (χ2n) is 4.72. The Hall–Kier alpha value is -0.310. The zero-order valence-corrected chi connectivity index (χ0v) is 14.8. The Morgan fingerprint density at radius 2 is 1.79 bits per heavy atom. The highest BCUT2D eigenvalue weighted by Crippen LogP contribution is 2.34. The molecule has 2 aromatic rings. The summed E-state index contributed by atoms with van der Waals surface area (Å²) in [4.78, 5) is 0.277. The van der Waals surface area contributed by atoms with Crippen molar-refractivity contribution in [3.8, 4) is 0 Å². The van der Waals surface area contributed by atoms with E-state index in [9.17, 15) is 0 Å². The van der Waals surface area contributed by atoms with Crippen LogP contribution in [0.3, 0.4) is 0 Å². The smallest absolute Gasteiger partial charge is 0.0438 e. The summed E-state index contributed by atoms with van der Waals surface area (Å²) in [6.07, 6.45) is 0.890. The maximum atomic E-state index is 6.22. The third-order valence-electron chi connectivity index (χ3n) is 3.24. The fourth-order valence-corrected chi connectivity index (χ4v) is 3.62. The minimum absolute atomic E-state index is 0.277. The van der Waals surface area contributed by atoms with Crippen LogP contribution in [0.25, 0.3) is 0 Å². The van der Waals surface area contributed by atoms with E-state index < -0.39 is 0 Å². The summed E-state index contributed by atoms with van der Waals surface area (Å²) in [6, 6.07) is 12.4. The van der Waals surface area contributed by atoms with E-state index in [4.69, 9.17) is 11.6 Å². The predicted molar refractivity (Wildman–Crippen MR) is 90.4 cm³/mol. The molecular weight excluding hydrogens is 387 g/mol. The van der Waals surface area contributed by atoms with Gasteiger partial charge in [0.2, 0.25) is 0 Å². The molecule has 0 saturated heterocycles. The molecule has 0 spiro atoms. The normalized spacial score (nSPS) is 12.5. The van der Waals surface area contributed by atoms with Gasteiger partial charge in [-0.2, -0.15) is 0 Å². The first kappa shape index (κ1) is 15.1. The molecule has 0 fully saturated rings. The van der Waals surface area contributed by atoms with Crippen molar-refractivity contribution in [1.29, 1.82) is 0 Å². The summed E-state index contributed by atoms with van der Waals surface area (Å²) in [7, 11) is 0. The van der Waals surface area contributed by atoms with Crippen LogP contribution in [0.2, 0.25) is 5.02 Å². The number of benzene rings is 2. The van der Waals surface area contributed by atoms with E-state index in [1.807, 2.05) is 18.2 Å². The fourth-order valence-electron chi connectivity index (χ4n) is 2.11. The highest BCUT2D eigenvalue weighted by atomic mass is 79.9. The van der Waals surface area contributed by atoms with Crippen LogP contribution in [-0.2, 0) is 6.42 Å². The van der Waals surface area contributed by atoms with Gasteiger partial charge in [-0.1, -0.05) is 67.7 Å². The summed E-state index contributed by atoms with van der Waals surface area (Å²) in [5, 5.41) is 0.832. The molecule has 19 heavy (non-hydrogen) atoms. The van der Waals surface area contributed by atoms with Gasteiger partial charge in [0.1, 0.15) is 0 Å². The molecule has 1 atom stereocenters. The molecule has 0 radical (unpaired) electrons. The van der Waals surface area contributed by atoms with Gasteiger partial charge in [0, 0.05) is 14.3 Å². The van der Waals surface area contributed by atoms with E-state index in [1.165, 1.54) is 22.3 Å². The zero-order chi connectivity index (χ0) is 14.0. The van der Waals surface area contributed by atoms with E-state index in [2.05, 4.69) is 63.9 Å². The van der Waals surface area contributed by atoms with Crippen molar-refractivity contribution in [1.82, 2.24) is 0 Å². The molecule has 0 heterocycles. The number of hydrogen-bond donors (Lipinski definition) is 0. The first-order valence-corrected chi connectivity index (χ1v) is 8.22. The molecule has 2 aromatic carbocycles. The maximum absolute atomic E-state index is 6.22. The Morgan fingerprint density at radius 1 is 1.11 bits per heavy atom. The van der Waals surface area contributed by atoms with Crippen molar-refractivity contribution in [2.75, 3.05) is 0 Å². The molecule has 0 aliphatic carbocycles. The van der Waals surface area contributed by atoms with Gasteiger partial charge in [-0.3, -0.25) is 0 Å². The molecule has 100 valence electrons. The summed E-state index contributed by atoms with van der Waals surface area (Å²) in [6.45, 7) is 4.25. The van der Waals surface area contributed by atoms with Crippen molar-refractivity contribution in [2.24, 2.45) is 0 Å². The number of hydrogen-bond acceptors (Lipinski definition) is 0. The molecule has 0 amide bonds. The Kier molecular flexibility index (Phi) is 5.10. The minimum atomic E-state index is 0.277. The number of halogens is 3. The number of alkyl halides is 1. The van der Waals surface area contributed by atoms with Crippen molar-refractivity contribution in [3.05, 3.63) is 68.1 Å². The van der Waals surface area contributed by atoms with E-state index in [1.54, 1.807) is 0 Å². The highest BCUT2D eigenvalue weighted by Gasteiger charge is 2.14. The minimum Gasteiger partial charge on any atom is -0.0840 e. The topological polar surface area (TPSA) is 0 Å². The van der Waals surface area contributed by atoms with Crippen LogP contribution in [-0.4, -0.2) is 0 Å². The summed E-state index contributed by atoms with van der Waals surface area (Å²) in [5.74, 6) is 0. The van der Waals surface area contributed by atoms with Crippen molar-refractivity contribution < 1.29 is 0 Å². The first-order valence-electron chi connectivity index (χ1n) is 6.13. The van der Waals surface area contributed by atoms with Gasteiger partial charge in [-0.05, 0) is 54.7 Å². The van der Waals surface area contributed by atoms with Crippen LogP contribution in [0, 0.1) is 13.8 Å². The van der Waals surface area contributed by atoms with Crippen LogP contribution in [0.15, 0.2) is 40.9 Å². The van der Waals surface area contributed by atoms with Gasteiger partial charge in [-0.25, -0.2) is 0 Å². The quantitative estimate of drug-likeness (QED) is 0.521. The SMILES string of the molecule is Cc1cc(C(Br)Cc2ccccc2Cl)c(C)cc1Br. The van der Waals surface area contributed by atoms with Gasteiger partial charge in [0.25, 0.3) is 0 Å². The largest absolute Gasteiger partial charge is 0.0840 e. The molecule has 3 heteroatoms. The van der Waals surface area contributed by atoms with Crippen LogP contribution in [0.4, 0.5) is 0 Å². The average Bonchev–Trinajstić information content (AvgIpc) is 2.36. The van der Waals surface area contributed by atoms with E-state index in [0.29, 0.717) is 0 Å². The molecule has 0 bridgehead atoms. The number of aryl methyl sites for hydroxylation is 2. The van der Waals surface area contributed by atoms with Gasteiger partial charge in [0.15, 0.2) is 0 Å². The lowest BCUT2D eigenvalue weighted by atomic mass is 9.98. The molecule has 0 aliphatic heterocycles. The van der Waals surface area contributed by atoms with Gasteiger partial charge in [0.05, 0.1) is 0 Å². The molecular formula is C16H15Br2Cl. The van der Waals surface area contributed by atoms with Crippen molar-refractivity contribution in [3.63, 3.8) is 0 Å². The molecule has 0 aliphatic rings. The average molecular weight is 403 g/mol. The standard InChI is InChI=1S/C16H15Br2Cl/c1-10-8-14(17)11(2)7-13(10)15(18)9-12-5-3-4-6-16(12)19/h3-8,15H,9H2,1-2H3. The molecule has 0 aromatic heterocycles. The predicted octanol–water partition coefficient (Wildman–Crippen LogP) is 6.40. The molecule has 0 nitrogen and oxygen atoms in total. The third-order valence-corrected chi connectivity index (χ3v) is 5.28. The Labute approximate surface area is 136 Å². The van der Waals surface area contributed by atoms with Crippen LogP contribution in [0.5, 0.6) is 0 Å². The monoisotopic (exact) mass is 400 g/mol. The van der Waals surface area contributed by atoms with Gasteiger partial charge < -0.3 is 0 Å². The van der Waals surface area contributed by atoms with Gasteiger partial charge >= 0.3 is 0 Å². The lowest BCUT2D eigenvalue weighted by Crippen LogP contribution is -1.99. The van der Waals surface area contributed by atoms with E-state index in [0.717, 1.165) is 15.9 Å². The van der Waals surface area contributed by atoms with Crippen molar-refractivity contribution >= 4 is 43.5 Å². The molecule has 0 saturated carbocycles. The van der Waals surface area contributed by atoms with E-state index in [-0.39, 0.29) is 4.83 Å².